The molecule has 2 rings (SSSR count). The molecule has 2 unspecified atom stereocenters. The normalized spacial score (nSPS) is 27.1. The lowest BCUT2D eigenvalue weighted by atomic mass is 10.1. The van der Waals surface area contributed by atoms with Crippen LogP contribution in [-0.4, -0.2) is 36.3 Å². The molecule has 0 aliphatic carbocycles. The molecule has 1 aliphatic heterocycles. The molecule has 4 nitrogen and oxygen atoms in total. The van der Waals surface area contributed by atoms with Gasteiger partial charge < -0.3 is 19.3 Å². The van der Waals surface area contributed by atoms with Gasteiger partial charge in [0.1, 0.15) is 12.2 Å². The van der Waals surface area contributed by atoms with E-state index in [1.165, 1.54) is 0 Å². The molecule has 0 radical (unpaired) electrons. The molecule has 2 atom stereocenters. The highest BCUT2D eigenvalue weighted by atomic mass is 16.7. The van der Waals surface area contributed by atoms with E-state index in [9.17, 15) is 5.11 Å². The maximum atomic E-state index is 9.33. The van der Waals surface area contributed by atoms with Crippen molar-refractivity contribution >= 4 is 0 Å². The van der Waals surface area contributed by atoms with Crippen molar-refractivity contribution in [2.45, 2.75) is 38.4 Å². The van der Waals surface area contributed by atoms with E-state index in [0.29, 0.717) is 13.2 Å². The van der Waals surface area contributed by atoms with E-state index >= 15 is 0 Å². The fraction of sp³-hybridized carbons (Fsp3) is 0.571. The second kappa shape index (κ2) is 5.80. The molecule has 4 heteroatoms. The summed E-state index contributed by atoms with van der Waals surface area (Å²) < 4.78 is 16.9. The molecule has 1 aromatic carbocycles. The van der Waals surface area contributed by atoms with Gasteiger partial charge in [0.2, 0.25) is 0 Å². The van der Waals surface area contributed by atoms with Crippen LogP contribution in [0, 0.1) is 0 Å². The summed E-state index contributed by atoms with van der Waals surface area (Å²) in [5.74, 6) is -0.653. The van der Waals surface area contributed by atoms with E-state index in [2.05, 4.69) is 0 Å². The molecule has 0 saturated carbocycles. The summed E-state index contributed by atoms with van der Waals surface area (Å²) in [5, 5.41) is 9.33. The molecule has 0 spiro atoms. The highest BCUT2D eigenvalue weighted by molar-refractivity contribution is 5.13. The molecule has 0 bridgehead atoms. The molecule has 1 heterocycles. The summed E-state index contributed by atoms with van der Waals surface area (Å²) in [7, 11) is 0. The lowest BCUT2D eigenvalue weighted by molar-refractivity contribution is -0.316. The summed E-state index contributed by atoms with van der Waals surface area (Å²) in [5.41, 5.74) is 1.10. The largest absolute Gasteiger partial charge is 0.394 e. The zero-order valence-corrected chi connectivity index (χ0v) is 10.8. The van der Waals surface area contributed by atoms with Crippen molar-refractivity contribution in [1.82, 2.24) is 0 Å². The van der Waals surface area contributed by atoms with Gasteiger partial charge in [-0.3, -0.25) is 0 Å². The van der Waals surface area contributed by atoms with Gasteiger partial charge in [0.15, 0.2) is 5.79 Å². The van der Waals surface area contributed by atoms with Crippen LogP contribution < -0.4 is 0 Å². The van der Waals surface area contributed by atoms with Crippen molar-refractivity contribution in [3.8, 4) is 0 Å². The van der Waals surface area contributed by atoms with E-state index in [0.717, 1.165) is 5.56 Å². The number of aliphatic hydroxyl groups excluding tert-OH is 1. The second-order valence-corrected chi connectivity index (χ2v) is 4.88. The summed E-state index contributed by atoms with van der Waals surface area (Å²) in [6.07, 6.45) is -0.569. The predicted molar refractivity (Wildman–Crippen MR) is 67.0 cm³/mol. The van der Waals surface area contributed by atoms with Crippen molar-refractivity contribution in [2.75, 3.05) is 13.2 Å². The molecule has 100 valence electrons. The molecule has 1 aromatic rings. The zero-order chi connectivity index (χ0) is 13.0. The van der Waals surface area contributed by atoms with Crippen LogP contribution in [-0.2, 0) is 20.8 Å². The van der Waals surface area contributed by atoms with E-state index in [4.69, 9.17) is 14.2 Å². The summed E-state index contributed by atoms with van der Waals surface area (Å²) in [6.45, 7) is 4.54. The van der Waals surface area contributed by atoms with E-state index in [1.54, 1.807) is 0 Å². The van der Waals surface area contributed by atoms with Gasteiger partial charge >= 0.3 is 0 Å². The molecule has 1 saturated heterocycles. The Balaban J connectivity index is 1.89. The minimum Gasteiger partial charge on any atom is -0.394 e. The van der Waals surface area contributed by atoms with Crippen LogP contribution in [0.3, 0.4) is 0 Å². The first-order chi connectivity index (χ1) is 8.61. The van der Waals surface area contributed by atoms with Crippen LogP contribution in [0.15, 0.2) is 30.3 Å². The van der Waals surface area contributed by atoms with Gasteiger partial charge in [-0.25, -0.2) is 0 Å². The number of benzene rings is 1. The number of ether oxygens (including phenoxy) is 3. The van der Waals surface area contributed by atoms with Crippen molar-refractivity contribution in [3.63, 3.8) is 0 Å². The first-order valence-corrected chi connectivity index (χ1v) is 6.19. The van der Waals surface area contributed by atoms with Gasteiger partial charge in [0.25, 0.3) is 0 Å². The third kappa shape index (κ3) is 3.53. The van der Waals surface area contributed by atoms with Crippen LogP contribution in [0.2, 0.25) is 0 Å². The van der Waals surface area contributed by atoms with Gasteiger partial charge in [-0.2, -0.15) is 0 Å². The number of rotatable bonds is 4. The first kappa shape index (κ1) is 13.5. The molecular formula is C14H20O4. The Hall–Kier alpha value is -0.940. The van der Waals surface area contributed by atoms with E-state index in [1.807, 2.05) is 44.2 Å². The van der Waals surface area contributed by atoms with Gasteiger partial charge in [-0.05, 0) is 19.4 Å². The first-order valence-electron chi connectivity index (χ1n) is 6.19. The lowest BCUT2D eigenvalue weighted by Crippen LogP contribution is -2.51. The second-order valence-electron chi connectivity index (χ2n) is 4.88. The van der Waals surface area contributed by atoms with Crippen LogP contribution >= 0.6 is 0 Å². The topological polar surface area (TPSA) is 47.9 Å². The van der Waals surface area contributed by atoms with Gasteiger partial charge in [-0.1, -0.05) is 30.3 Å². The molecule has 1 fully saturated rings. The standard InChI is InChI=1S/C14H20O4/c1-14(2)17-10-13(12(8-15)18-14)16-9-11-6-4-3-5-7-11/h3-7,12-13,15H,8-10H2,1-2H3. The highest BCUT2D eigenvalue weighted by Gasteiger charge is 2.36. The number of aliphatic hydroxyl groups is 1. The Bertz CT molecular complexity index is 363. The minimum atomic E-state index is -0.653. The summed E-state index contributed by atoms with van der Waals surface area (Å²) in [6, 6.07) is 9.92. The molecule has 0 amide bonds. The smallest absolute Gasteiger partial charge is 0.163 e. The van der Waals surface area contributed by atoms with Crippen LogP contribution in [0.25, 0.3) is 0 Å². The zero-order valence-electron chi connectivity index (χ0n) is 10.8. The van der Waals surface area contributed by atoms with Gasteiger partial charge in [0, 0.05) is 0 Å². The lowest BCUT2D eigenvalue weighted by Gasteiger charge is -2.40. The summed E-state index contributed by atoms with van der Waals surface area (Å²) in [4.78, 5) is 0. The average molecular weight is 252 g/mol. The van der Waals surface area contributed by atoms with E-state index in [-0.39, 0.29) is 18.8 Å². The number of hydrogen-bond acceptors (Lipinski definition) is 4. The third-order valence-corrected chi connectivity index (χ3v) is 2.93. The Kier molecular flexibility index (Phi) is 4.35. The maximum Gasteiger partial charge on any atom is 0.163 e. The predicted octanol–water partition coefficient (Wildman–Crippen LogP) is 1.72. The average Bonchev–Trinajstić information content (AvgIpc) is 2.37. The summed E-state index contributed by atoms with van der Waals surface area (Å²) >= 11 is 0. The Labute approximate surface area is 107 Å². The van der Waals surface area contributed by atoms with Crippen molar-refractivity contribution < 1.29 is 19.3 Å². The number of hydrogen-bond donors (Lipinski definition) is 1. The fourth-order valence-electron chi connectivity index (χ4n) is 1.95. The van der Waals surface area contributed by atoms with Crippen LogP contribution in [0.4, 0.5) is 0 Å². The third-order valence-electron chi connectivity index (χ3n) is 2.93. The Morgan fingerprint density at radius 1 is 1.33 bits per heavy atom. The quantitative estimate of drug-likeness (QED) is 0.886. The molecular weight excluding hydrogens is 232 g/mol. The van der Waals surface area contributed by atoms with Crippen LogP contribution in [0.1, 0.15) is 19.4 Å². The van der Waals surface area contributed by atoms with Crippen molar-refractivity contribution in [1.29, 1.82) is 0 Å². The fourth-order valence-corrected chi connectivity index (χ4v) is 1.95. The molecule has 1 aliphatic rings. The molecule has 0 aromatic heterocycles. The van der Waals surface area contributed by atoms with Gasteiger partial charge in [-0.15, -0.1) is 0 Å². The highest BCUT2D eigenvalue weighted by Crippen LogP contribution is 2.24. The monoisotopic (exact) mass is 252 g/mol. The molecule has 1 N–H and O–H groups in total. The van der Waals surface area contributed by atoms with Crippen LogP contribution in [0.5, 0.6) is 0 Å². The van der Waals surface area contributed by atoms with E-state index < -0.39 is 5.79 Å². The SMILES string of the molecule is CC1(C)OCC(OCc2ccccc2)C(CO)O1. The minimum absolute atomic E-state index is 0.0632. The molecule has 18 heavy (non-hydrogen) atoms. The van der Waals surface area contributed by atoms with Crippen molar-refractivity contribution in [2.24, 2.45) is 0 Å². The van der Waals surface area contributed by atoms with Crippen molar-refractivity contribution in [3.05, 3.63) is 35.9 Å². The Morgan fingerprint density at radius 2 is 2.06 bits per heavy atom. The Morgan fingerprint density at radius 3 is 2.72 bits per heavy atom. The van der Waals surface area contributed by atoms with Gasteiger partial charge in [0.05, 0.1) is 19.8 Å². The maximum absolute atomic E-state index is 9.33.